The Balaban J connectivity index is 3.39. The van der Waals surface area contributed by atoms with Gasteiger partial charge in [-0.05, 0) is 19.1 Å². The first-order chi connectivity index (χ1) is 6.06. The van der Waals surface area contributed by atoms with E-state index in [2.05, 4.69) is 0 Å². The summed E-state index contributed by atoms with van der Waals surface area (Å²) in [7, 11) is 0. The lowest BCUT2D eigenvalue weighted by molar-refractivity contribution is 0.101. The normalized spacial score (nSPS) is 9.31. The monoisotopic (exact) mass is 195 g/mol. The lowest BCUT2D eigenvalue weighted by Gasteiger charge is -2.01. The van der Waals surface area contributed by atoms with E-state index in [-0.39, 0.29) is 22.1 Å². The predicted octanol–water partition coefficient (Wildman–Crippen LogP) is 2.12. The fourth-order valence-corrected chi connectivity index (χ4v) is 1.16. The number of carbonyl (C=O) groups is 1. The minimum atomic E-state index is -0.264. The van der Waals surface area contributed by atoms with Crippen LogP contribution in [0.25, 0.3) is 0 Å². The molecule has 0 radical (unpaired) electrons. The highest BCUT2D eigenvalue weighted by Crippen LogP contribution is 2.26. The summed E-state index contributed by atoms with van der Waals surface area (Å²) in [6.07, 6.45) is 0. The van der Waals surface area contributed by atoms with Gasteiger partial charge in [-0.1, -0.05) is 11.6 Å². The second-order valence-electron chi connectivity index (χ2n) is 2.52. The molecule has 0 aliphatic carbocycles. The first-order valence-electron chi connectivity index (χ1n) is 3.50. The Bertz CT molecular complexity index is 384. The van der Waals surface area contributed by atoms with Crippen LogP contribution in [0.3, 0.4) is 0 Å². The predicted molar refractivity (Wildman–Crippen MR) is 47.8 cm³/mol. The number of phenolic OH excluding ortho intramolecular Hbond substituents is 1. The molecule has 13 heavy (non-hydrogen) atoms. The van der Waals surface area contributed by atoms with Crippen LogP contribution in [0.2, 0.25) is 5.02 Å². The van der Waals surface area contributed by atoms with Gasteiger partial charge in [-0.25, -0.2) is 0 Å². The number of carbonyl (C=O) groups excluding carboxylic acids is 1. The molecule has 1 rings (SSSR count). The molecule has 1 N–H and O–H groups in total. The Morgan fingerprint density at radius 3 is 2.62 bits per heavy atom. The van der Waals surface area contributed by atoms with Crippen molar-refractivity contribution < 1.29 is 9.90 Å². The van der Waals surface area contributed by atoms with Gasteiger partial charge < -0.3 is 5.11 Å². The van der Waals surface area contributed by atoms with Crippen LogP contribution < -0.4 is 0 Å². The van der Waals surface area contributed by atoms with Gasteiger partial charge in [0, 0.05) is 5.56 Å². The molecular formula is C9H6ClNO2. The molecule has 0 unspecified atom stereocenters. The SMILES string of the molecule is CC(=O)c1cc(O)c(C#N)c(Cl)c1. The Hall–Kier alpha value is -1.53. The topological polar surface area (TPSA) is 61.1 Å². The Labute approximate surface area is 80.2 Å². The highest BCUT2D eigenvalue weighted by atomic mass is 35.5. The van der Waals surface area contributed by atoms with Crippen molar-refractivity contribution >= 4 is 17.4 Å². The Kier molecular flexibility index (Phi) is 2.54. The molecule has 0 fully saturated rings. The van der Waals surface area contributed by atoms with E-state index in [1.54, 1.807) is 6.07 Å². The second-order valence-corrected chi connectivity index (χ2v) is 2.93. The molecule has 1 aromatic carbocycles. The number of ketones is 1. The van der Waals surface area contributed by atoms with Crippen LogP contribution in [-0.4, -0.2) is 10.9 Å². The fourth-order valence-electron chi connectivity index (χ4n) is 0.906. The van der Waals surface area contributed by atoms with Gasteiger partial charge in [0.2, 0.25) is 0 Å². The first-order valence-corrected chi connectivity index (χ1v) is 3.87. The maximum absolute atomic E-state index is 10.9. The molecule has 0 atom stereocenters. The molecule has 1 aromatic rings. The largest absolute Gasteiger partial charge is 0.506 e. The summed E-state index contributed by atoms with van der Waals surface area (Å²) in [4.78, 5) is 10.9. The smallest absolute Gasteiger partial charge is 0.159 e. The van der Waals surface area contributed by atoms with E-state index in [4.69, 9.17) is 16.9 Å². The number of hydrogen-bond acceptors (Lipinski definition) is 3. The lowest BCUT2D eigenvalue weighted by Crippen LogP contribution is -1.93. The van der Waals surface area contributed by atoms with Gasteiger partial charge in [0.15, 0.2) is 5.78 Å². The maximum atomic E-state index is 10.9. The maximum Gasteiger partial charge on any atom is 0.159 e. The third-order valence-corrected chi connectivity index (χ3v) is 1.89. The molecule has 4 heteroatoms. The summed E-state index contributed by atoms with van der Waals surface area (Å²) >= 11 is 5.64. The van der Waals surface area contributed by atoms with Crippen LogP contribution in [0, 0.1) is 11.3 Å². The summed E-state index contributed by atoms with van der Waals surface area (Å²) in [6.45, 7) is 1.36. The number of phenols is 1. The number of rotatable bonds is 1. The number of benzene rings is 1. The highest BCUT2D eigenvalue weighted by molar-refractivity contribution is 6.32. The van der Waals surface area contributed by atoms with E-state index in [0.29, 0.717) is 5.56 Å². The van der Waals surface area contributed by atoms with Crippen molar-refractivity contribution in [3.8, 4) is 11.8 Å². The zero-order valence-corrected chi connectivity index (χ0v) is 7.59. The van der Waals surface area contributed by atoms with Crippen molar-refractivity contribution in [1.29, 1.82) is 5.26 Å². The number of halogens is 1. The molecule has 3 nitrogen and oxygen atoms in total. The van der Waals surface area contributed by atoms with Crippen LogP contribution >= 0.6 is 11.6 Å². The molecule has 0 spiro atoms. The number of aromatic hydroxyl groups is 1. The molecule has 66 valence electrons. The molecule has 0 amide bonds. The molecule has 0 saturated heterocycles. The van der Waals surface area contributed by atoms with Crippen LogP contribution in [0.5, 0.6) is 5.75 Å². The second kappa shape index (κ2) is 3.46. The number of hydrogen-bond donors (Lipinski definition) is 1. The van der Waals surface area contributed by atoms with Crippen LogP contribution in [-0.2, 0) is 0 Å². The average Bonchev–Trinajstić information content (AvgIpc) is 2.03. The summed E-state index contributed by atoms with van der Waals surface area (Å²) in [5.41, 5.74) is 0.285. The Morgan fingerprint density at radius 2 is 2.23 bits per heavy atom. The summed E-state index contributed by atoms with van der Waals surface area (Å²) in [5.74, 6) is -0.470. The van der Waals surface area contributed by atoms with Gasteiger partial charge in [-0.15, -0.1) is 0 Å². The van der Waals surface area contributed by atoms with Crippen LogP contribution in [0.4, 0.5) is 0 Å². The Morgan fingerprint density at radius 1 is 1.62 bits per heavy atom. The van der Waals surface area contributed by atoms with E-state index in [9.17, 15) is 9.90 Å². The molecule has 0 aliphatic heterocycles. The van der Waals surface area contributed by atoms with Crippen LogP contribution in [0.15, 0.2) is 12.1 Å². The van der Waals surface area contributed by atoms with E-state index in [0.717, 1.165) is 0 Å². The van der Waals surface area contributed by atoms with Gasteiger partial charge in [-0.2, -0.15) is 5.26 Å². The van der Waals surface area contributed by atoms with E-state index in [1.165, 1.54) is 19.1 Å². The minimum absolute atomic E-state index is 0.00772. The van der Waals surface area contributed by atoms with Crippen molar-refractivity contribution in [3.63, 3.8) is 0 Å². The van der Waals surface area contributed by atoms with Gasteiger partial charge in [0.05, 0.1) is 5.02 Å². The quantitative estimate of drug-likeness (QED) is 0.699. The molecule has 0 aromatic heterocycles. The van der Waals surface area contributed by atoms with Crippen molar-refractivity contribution in [3.05, 3.63) is 28.3 Å². The number of nitrogens with zero attached hydrogens (tertiary/aromatic N) is 1. The zero-order chi connectivity index (χ0) is 10.0. The van der Waals surface area contributed by atoms with Gasteiger partial charge in [-0.3, -0.25) is 4.79 Å². The molecule has 0 saturated carbocycles. The fraction of sp³-hybridized carbons (Fsp3) is 0.111. The van der Waals surface area contributed by atoms with Gasteiger partial charge >= 0.3 is 0 Å². The molecule has 0 aliphatic rings. The zero-order valence-electron chi connectivity index (χ0n) is 6.84. The van der Waals surface area contributed by atoms with E-state index < -0.39 is 0 Å². The third-order valence-electron chi connectivity index (χ3n) is 1.59. The van der Waals surface area contributed by atoms with E-state index >= 15 is 0 Å². The first kappa shape index (κ1) is 9.56. The average molecular weight is 196 g/mol. The third kappa shape index (κ3) is 1.79. The van der Waals surface area contributed by atoms with Crippen LogP contribution in [0.1, 0.15) is 22.8 Å². The lowest BCUT2D eigenvalue weighted by atomic mass is 10.1. The van der Waals surface area contributed by atoms with Crippen molar-refractivity contribution in [2.75, 3.05) is 0 Å². The van der Waals surface area contributed by atoms with Crippen molar-refractivity contribution in [2.45, 2.75) is 6.92 Å². The standard InChI is InChI=1S/C9H6ClNO2/c1-5(12)6-2-8(10)7(4-11)9(13)3-6/h2-3,13H,1H3. The highest BCUT2D eigenvalue weighted by Gasteiger charge is 2.10. The van der Waals surface area contributed by atoms with Crippen molar-refractivity contribution in [1.82, 2.24) is 0 Å². The minimum Gasteiger partial charge on any atom is -0.506 e. The summed E-state index contributed by atoms with van der Waals surface area (Å²) < 4.78 is 0. The number of nitriles is 1. The van der Waals surface area contributed by atoms with Crippen molar-refractivity contribution in [2.24, 2.45) is 0 Å². The van der Waals surface area contributed by atoms with Gasteiger partial charge in [0.25, 0.3) is 0 Å². The number of Topliss-reactive ketones (excluding diaryl/α,β-unsaturated/α-hetero) is 1. The molecule has 0 heterocycles. The van der Waals surface area contributed by atoms with E-state index in [1.807, 2.05) is 0 Å². The summed E-state index contributed by atoms with van der Waals surface area (Å²) in [6, 6.07) is 4.33. The van der Waals surface area contributed by atoms with Gasteiger partial charge in [0.1, 0.15) is 17.4 Å². The molecule has 0 bridgehead atoms. The molecular weight excluding hydrogens is 190 g/mol. The summed E-state index contributed by atoms with van der Waals surface area (Å²) in [5, 5.41) is 17.9.